The van der Waals surface area contributed by atoms with Crippen LogP contribution in [0.1, 0.15) is 150 Å². The first-order chi connectivity index (χ1) is 33.6. The molecular formula is C67H92N2Si3. The zero-order valence-corrected chi connectivity index (χ0v) is 52.3. The van der Waals surface area contributed by atoms with Gasteiger partial charge in [-0.15, -0.1) is 0 Å². The highest BCUT2D eigenvalue weighted by Crippen LogP contribution is 2.53. The molecule has 0 aliphatic rings. The van der Waals surface area contributed by atoms with E-state index in [2.05, 4.69) is 264 Å². The molecule has 72 heavy (non-hydrogen) atoms. The SMILES string of the molecule is CC[SiH](CC)c1cc(N(c2cc(C(C)(C)C)cc(C(C)(C)C)c2)c2c3ccc(C)cc3c(N(c3cc(C)cc(C)c3)c3cc(C(C)(C)C)cc(C(C)(C)C)c3)c3ccc([SiH](C)C)cc23)cc([SiH](CC)CC)c1. The van der Waals surface area contributed by atoms with Crippen molar-refractivity contribution >= 4 is 97.6 Å². The molecule has 0 saturated carbocycles. The molecular weight excluding hydrogens is 917 g/mol. The maximum atomic E-state index is 2.78. The lowest BCUT2D eigenvalue weighted by Gasteiger charge is -2.36. The average Bonchev–Trinajstić information content (AvgIpc) is 3.29. The van der Waals surface area contributed by atoms with Crippen LogP contribution >= 0.6 is 0 Å². The monoisotopic (exact) mass is 1010 g/mol. The Hall–Kier alpha value is -4.69. The molecule has 0 saturated heterocycles. The highest BCUT2D eigenvalue weighted by molar-refractivity contribution is 6.76. The molecule has 0 radical (unpaired) electrons. The van der Waals surface area contributed by atoms with Gasteiger partial charge in [0.2, 0.25) is 0 Å². The normalized spacial score (nSPS) is 12.8. The van der Waals surface area contributed by atoms with Gasteiger partial charge in [0, 0.05) is 44.3 Å². The summed E-state index contributed by atoms with van der Waals surface area (Å²) in [5, 5.41) is 9.92. The second-order valence-electron chi connectivity index (χ2n) is 26.1. The van der Waals surface area contributed by atoms with Crippen molar-refractivity contribution in [1.82, 2.24) is 0 Å². The van der Waals surface area contributed by atoms with Crippen molar-refractivity contribution in [3.8, 4) is 0 Å². The summed E-state index contributed by atoms with van der Waals surface area (Å²) in [5.41, 5.74) is 16.6. The summed E-state index contributed by atoms with van der Waals surface area (Å²) in [7, 11) is -3.75. The van der Waals surface area contributed by atoms with E-state index in [1.807, 2.05) is 0 Å². The number of fused-ring (bicyclic) bond motifs is 2. The molecule has 0 heterocycles. The molecule has 0 atom stereocenters. The first-order valence-corrected chi connectivity index (χ1v) is 35.0. The molecule has 0 aromatic heterocycles. The number of hydrogen-bond donors (Lipinski definition) is 0. The first kappa shape index (κ1) is 55.1. The predicted molar refractivity (Wildman–Crippen MR) is 334 cm³/mol. The fourth-order valence-electron chi connectivity index (χ4n) is 11.0. The number of rotatable bonds is 13. The van der Waals surface area contributed by atoms with E-state index < -0.39 is 26.4 Å². The van der Waals surface area contributed by atoms with Crippen LogP contribution in [0.5, 0.6) is 0 Å². The van der Waals surface area contributed by atoms with Crippen molar-refractivity contribution in [1.29, 1.82) is 0 Å². The lowest BCUT2D eigenvalue weighted by molar-refractivity contribution is 0.568. The van der Waals surface area contributed by atoms with Gasteiger partial charge in [-0.25, -0.2) is 0 Å². The lowest BCUT2D eigenvalue weighted by atomic mass is 9.80. The van der Waals surface area contributed by atoms with Crippen molar-refractivity contribution in [2.45, 2.75) is 190 Å². The summed E-state index contributed by atoms with van der Waals surface area (Å²) in [5.74, 6) is 0. The van der Waals surface area contributed by atoms with Gasteiger partial charge in [0.1, 0.15) is 0 Å². The molecule has 0 unspecified atom stereocenters. The molecule has 0 bridgehead atoms. The van der Waals surface area contributed by atoms with Crippen LogP contribution in [-0.2, 0) is 21.7 Å². The molecule has 7 aromatic carbocycles. The average molecular weight is 1010 g/mol. The molecule has 5 heteroatoms. The number of nitrogens with zero attached hydrogens (tertiary/aromatic N) is 2. The first-order valence-electron chi connectivity index (χ1n) is 27.7. The van der Waals surface area contributed by atoms with Gasteiger partial charge >= 0.3 is 0 Å². The second-order valence-corrected chi connectivity index (χ2v) is 36.5. The van der Waals surface area contributed by atoms with E-state index in [0.29, 0.717) is 0 Å². The Morgan fingerprint density at radius 1 is 0.333 bits per heavy atom. The number of aryl methyl sites for hydroxylation is 3. The van der Waals surface area contributed by atoms with Crippen molar-refractivity contribution in [2.75, 3.05) is 9.80 Å². The van der Waals surface area contributed by atoms with Gasteiger partial charge < -0.3 is 9.80 Å². The summed E-state index contributed by atoms with van der Waals surface area (Å²) >= 11 is 0. The molecule has 2 nitrogen and oxygen atoms in total. The minimum Gasteiger partial charge on any atom is -0.309 e. The van der Waals surface area contributed by atoms with E-state index in [1.54, 1.807) is 10.4 Å². The van der Waals surface area contributed by atoms with E-state index >= 15 is 0 Å². The van der Waals surface area contributed by atoms with E-state index in [0.717, 1.165) is 0 Å². The summed E-state index contributed by atoms with van der Waals surface area (Å²) in [6, 6.07) is 50.3. The fourth-order valence-corrected chi connectivity index (χ4v) is 16.9. The van der Waals surface area contributed by atoms with Crippen LogP contribution in [0, 0.1) is 20.8 Å². The highest BCUT2D eigenvalue weighted by atomic mass is 28.3. The Labute approximate surface area is 443 Å². The Kier molecular flexibility index (Phi) is 16.0. The molecule has 0 aliphatic carbocycles. The van der Waals surface area contributed by atoms with Gasteiger partial charge in [-0.3, -0.25) is 0 Å². The quantitative estimate of drug-likeness (QED) is 0.0645. The summed E-state index contributed by atoms with van der Waals surface area (Å²) in [4.78, 5) is 5.43. The van der Waals surface area contributed by atoms with Crippen LogP contribution in [0.15, 0.2) is 109 Å². The molecule has 0 N–H and O–H groups in total. The van der Waals surface area contributed by atoms with Crippen LogP contribution in [0.3, 0.4) is 0 Å². The van der Waals surface area contributed by atoms with E-state index in [4.69, 9.17) is 0 Å². The van der Waals surface area contributed by atoms with Crippen molar-refractivity contribution in [2.24, 2.45) is 0 Å². The predicted octanol–water partition coefficient (Wildman–Crippen LogP) is 17.7. The Morgan fingerprint density at radius 3 is 1.04 bits per heavy atom. The summed E-state index contributed by atoms with van der Waals surface area (Å²) in [6.07, 6.45) is 0. The lowest BCUT2D eigenvalue weighted by Crippen LogP contribution is -2.37. The Morgan fingerprint density at radius 2 is 0.681 bits per heavy atom. The van der Waals surface area contributed by atoms with E-state index in [9.17, 15) is 0 Å². The Balaban J connectivity index is 1.79. The maximum Gasteiger partial charge on any atom is 0.0703 e. The van der Waals surface area contributed by atoms with Crippen LogP contribution in [0.2, 0.25) is 37.3 Å². The van der Waals surface area contributed by atoms with Crippen LogP contribution in [0.25, 0.3) is 21.5 Å². The van der Waals surface area contributed by atoms with Gasteiger partial charge in [-0.05, 0) is 130 Å². The number of hydrogen-bond acceptors (Lipinski definition) is 2. The van der Waals surface area contributed by atoms with Gasteiger partial charge in [0.15, 0.2) is 0 Å². The molecule has 0 amide bonds. The molecule has 7 aromatic rings. The fraction of sp³-hybridized carbons (Fsp3) is 0.433. The Bertz CT molecular complexity index is 2970. The van der Waals surface area contributed by atoms with Gasteiger partial charge in [0.25, 0.3) is 0 Å². The molecule has 0 aliphatic heterocycles. The maximum absolute atomic E-state index is 2.78. The van der Waals surface area contributed by atoms with Crippen molar-refractivity contribution < 1.29 is 0 Å². The van der Waals surface area contributed by atoms with E-state index in [1.165, 1.54) is 124 Å². The smallest absolute Gasteiger partial charge is 0.0703 e. The molecule has 7 rings (SSSR count). The van der Waals surface area contributed by atoms with Gasteiger partial charge in [-0.1, -0.05) is 224 Å². The number of benzene rings is 7. The highest BCUT2D eigenvalue weighted by Gasteiger charge is 2.31. The van der Waals surface area contributed by atoms with Crippen LogP contribution in [0.4, 0.5) is 34.1 Å². The molecule has 0 spiro atoms. The second kappa shape index (κ2) is 20.9. The van der Waals surface area contributed by atoms with Crippen LogP contribution < -0.4 is 25.4 Å². The number of anilines is 6. The summed E-state index contributed by atoms with van der Waals surface area (Å²) in [6.45, 7) is 50.1. The van der Waals surface area contributed by atoms with Gasteiger partial charge in [0.05, 0.1) is 37.8 Å². The third kappa shape index (κ3) is 11.5. The zero-order chi connectivity index (χ0) is 53.0. The van der Waals surface area contributed by atoms with E-state index in [-0.39, 0.29) is 21.7 Å². The standard InChI is InChI=1S/C67H92N2Si3/c1-22-71(23-2)56-40-54(41-57(42-56)72(24-3)25-4)69(53-38-49(66(14,15)16)35-50(39-53)67(17,18)19)63-58-28-26-44(5)33-60(58)62(59-29-27-55(70(20)21)43-61(59)63)68(51-31-45(6)30-46(7)32-51)52-36-47(64(8,9)10)34-48(37-52)65(11,12)13/h26-43,70-72H,22-25H2,1-21H3. The molecule has 0 fully saturated rings. The third-order valence-electron chi connectivity index (χ3n) is 15.8. The minimum absolute atomic E-state index is 0.0538. The summed E-state index contributed by atoms with van der Waals surface area (Å²) < 4.78 is 0. The minimum atomic E-state index is -1.27. The largest absolute Gasteiger partial charge is 0.309 e. The molecule has 382 valence electrons. The van der Waals surface area contributed by atoms with Crippen LogP contribution in [-0.4, -0.2) is 26.4 Å². The van der Waals surface area contributed by atoms with Gasteiger partial charge in [-0.2, -0.15) is 0 Å². The third-order valence-corrected chi connectivity index (χ3v) is 24.0. The van der Waals surface area contributed by atoms with Crippen molar-refractivity contribution in [3.63, 3.8) is 0 Å². The zero-order valence-electron chi connectivity index (χ0n) is 48.8. The topological polar surface area (TPSA) is 6.48 Å². The van der Waals surface area contributed by atoms with Crippen molar-refractivity contribution in [3.05, 3.63) is 148 Å².